The smallest absolute Gasteiger partial charge is 0.322 e. The van der Waals surface area contributed by atoms with Crippen LogP contribution in [-0.4, -0.2) is 74.7 Å². The fraction of sp³-hybridized carbons (Fsp3) is 0.933. The number of rotatable bonds is 10. The van der Waals surface area contributed by atoms with Crippen LogP contribution in [0.3, 0.4) is 0 Å². The Kier molecular flexibility index (Phi) is 7.48. The maximum absolute atomic E-state index is 11.8. The summed E-state index contributed by atoms with van der Waals surface area (Å²) < 4.78 is 4.90. The summed E-state index contributed by atoms with van der Waals surface area (Å²) in [5, 5.41) is 3.39. The van der Waals surface area contributed by atoms with E-state index in [1.165, 1.54) is 20.0 Å². The first kappa shape index (κ1) is 17.4. The number of methoxy groups -OCH3 is 1. The molecule has 1 N–H and O–H groups in total. The highest BCUT2D eigenvalue weighted by molar-refractivity contribution is 5.75. The van der Waals surface area contributed by atoms with Crippen molar-refractivity contribution in [3.8, 4) is 0 Å². The first-order valence-corrected chi connectivity index (χ1v) is 7.70. The number of ether oxygens (including phenoxy) is 1. The molecule has 1 aliphatic rings. The summed E-state index contributed by atoms with van der Waals surface area (Å²) >= 11 is 0. The summed E-state index contributed by atoms with van der Waals surface area (Å²) in [5.74, 6) is -0.131. The highest BCUT2D eigenvalue weighted by Crippen LogP contribution is 2.20. The van der Waals surface area contributed by atoms with Crippen molar-refractivity contribution in [3.63, 3.8) is 0 Å². The van der Waals surface area contributed by atoms with E-state index in [0.29, 0.717) is 12.1 Å². The summed E-state index contributed by atoms with van der Waals surface area (Å²) in [6, 6.07) is 0.857. The molecule has 0 bridgehead atoms. The van der Waals surface area contributed by atoms with Gasteiger partial charge >= 0.3 is 5.97 Å². The molecule has 20 heavy (non-hydrogen) atoms. The topological polar surface area (TPSA) is 44.8 Å². The van der Waals surface area contributed by atoms with Gasteiger partial charge in [0.2, 0.25) is 0 Å². The second-order valence-electron chi connectivity index (χ2n) is 6.05. The van der Waals surface area contributed by atoms with Crippen LogP contribution >= 0.6 is 0 Å². The third-order valence-corrected chi connectivity index (χ3v) is 3.86. The van der Waals surface area contributed by atoms with Gasteiger partial charge in [-0.2, -0.15) is 0 Å². The Balaban J connectivity index is 2.43. The van der Waals surface area contributed by atoms with Gasteiger partial charge in [-0.3, -0.25) is 9.69 Å². The first-order valence-electron chi connectivity index (χ1n) is 7.70. The zero-order valence-corrected chi connectivity index (χ0v) is 13.7. The van der Waals surface area contributed by atoms with Crippen LogP contribution in [0.1, 0.15) is 33.1 Å². The Morgan fingerprint density at radius 1 is 1.40 bits per heavy atom. The highest BCUT2D eigenvalue weighted by atomic mass is 16.5. The van der Waals surface area contributed by atoms with Crippen LogP contribution < -0.4 is 5.32 Å². The van der Waals surface area contributed by atoms with Gasteiger partial charge in [0.05, 0.1) is 7.11 Å². The van der Waals surface area contributed by atoms with Gasteiger partial charge in [-0.05, 0) is 46.8 Å². The van der Waals surface area contributed by atoms with Crippen molar-refractivity contribution in [2.24, 2.45) is 0 Å². The molecule has 1 fully saturated rings. The lowest BCUT2D eigenvalue weighted by atomic mass is 10.1. The molecule has 5 heteroatoms. The molecular weight excluding hydrogens is 254 g/mol. The molecule has 2 unspecified atom stereocenters. The summed E-state index contributed by atoms with van der Waals surface area (Å²) in [6.07, 6.45) is 3.18. The van der Waals surface area contributed by atoms with Crippen molar-refractivity contribution >= 4 is 5.97 Å². The minimum atomic E-state index is -0.159. The van der Waals surface area contributed by atoms with Crippen molar-refractivity contribution in [1.82, 2.24) is 15.1 Å². The molecule has 5 nitrogen and oxygen atoms in total. The maximum atomic E-state index is 11.8. The zero-order chi connectivity index (χ0) is 15.1. The lowest BCUT2D eigenvalue weighted by Crippen LogP contribution is -2.45. The van der Waals surface area contributed by atoms with E-state index in [4.69, 9.17) is 4.74 Å². The predicted octanol–water partition coefficient (Wildman–Crippen LogP) is 0.942. The molecule has 1 aliphatic carbocycles. The largest absolute Gasteiger partial charge is 0.468 e. The van der Waals surface area contributed by atoms with Gasteiger partial charge in [0.1, 0.15) is 6.04 Å². The quantitative estimate of drug-likeness (QED) is 0.605. The van der Waals surface area contributed by atoms with Gasteiger partial charge in [-0.1, -0.05) is 6.92 Å². The zero-order valence-electron chi connectivity index (χ0n) is 13.7. The van der Waals surface area contributed by atoms with Crippen LogP contribution in [0.15, 0.2) is 0 Å². The van der Waals surface area contributed by atoms with Crippen molar-refractivity contribution in [3.05, 3.63) is 0 Å². The van der Waals surface area contributed by atoms with Crippen molar-refractivity contribution in [2.75, 3.05) is 40.8 Å². The molecule has 0 aromatic heterocycles. The van der Waals surface area contributed by atoms with E-state index in [2.05, 4.69) is 43.1 Å². The van der Waals surface area contributed by atoms with Crippen LogP contribution in [0.4, 0.5) is 0 Å². The molecule has 118 valence electrons. The van der Waals surface area contributed by atoms with Crippen LogP contribution in [0.25, 0.3) is 0 Å². The molecule has 0 amide bonds. The Labute approximate surface area is 123 Å². The first-order chi connectivity index (χ1) is 9.47. The predicted molar refractivity (Wildman–Crippen MR) is 81.8 cm³/mol. The Hall–Kier alpha value is -0.650. The van der Waals surface area contributed by atoms with Crippen molar-refractivity contribution in [1.29, 1.82) is 0 Å². The standard InChI is InChI=1S/C15H31N3O2/c1-6-18(12(2)11-17(3)4)10-9-14(15(19)20-5)16-13-7-8-13/h12-14,16H,6-11H2,1-5H3. The molecule has 0 radical (unpaired) electrons. The van der Waals surface area contributed by atoms with E-state index in [-0.39, 0.29) is 12.0 Å². The van der Waals surface area contributed by atoms with Crippen molar-refractivity contribution < 1.29 is 9.53 Å². The normalized spacial score (nSPS) is 18.4. The number of carbonyl (C=O) groups is 1. The number of esters is 1. The molecule has 1 rings (SSSR count). The summed E-state index contributed by atoms with van der Waals surface area (Å²) in [6.45, 7) is 7.38. The van der Waals surface area contributed by atoms with E-state index in [1.807, 2.05) is 0 Å². The average molecular weight is 285 g/mol. The summed E-state index contributed by atoms with van der Waals surface area (Å²) in [4.78, 5) is 16.4. The maximum Gasteiger partial charge on any atom is 0.322 e. The SMILES string of the molecule is CCN(CCC(NC1CC1)C(=O)OC)C(C)CN(C)C. The average Bonchev–Trinajstić information content (AvgIpc) is 3.20. The van der Waals surface area contributed by atoms with Crippen LogP contribution in [0.2, 0.25) is 0 Å². The van der Waals surface area contributed by atoms with Gasteiger partial charge in [0, 0.05) is 25.2 Å². The Morgan fingerprint density at radius 2 is 2.05 bits per heavy atom. The van der Waals surface area contributed by atoms with Gasteiger partial charge < -0.3 is 15.0 Å². The highest BCUT2D eigenvalue weighted by Gasteiger charge is 2.29. The molecule has 0 aliphatic heterocycles. The van der Waals surface area contributed by atoms with Gasteiger partial charge in [0.25, 0.3) is 0 Å². The Morgan fingerprint density at radius 3 is 2.50 bits per heavy atom. The van der Waals surface area contributed by atoms with E-state index in [1.54, 1.807) is 0 Å². The van der Waals surface area contributed by atoms with E-state index in [9.17, 15) is 4.79 Å². The van der Waals surface area contributed by atoms with E-state index >= 15 is 0 Å². The van der Waals surface area contributed by atoms with Crippen LogP contribution in [0, 0.1) is 0 Å². The lowest BCUT2D eigenvalue weighted by molar-refractivity contribution is -0.143. The second kappa shape index (κ2) is 8.60. The van der Waals surface area contributed by atoms with E-state index < -0.39 is 0 Å². The van der Waals surface area contributed by atoms with Gasteiger partial charge in [0.15, 0.2) is 0 Å². The molecule has 1 saturated carbocycles. The van der Waals surface area contributed by atoms with Gasteiger partial charge in [-0.25, -0.2) is 0 Å². The number of hydrogen-bond donors (Lipinski definition) is 1. The molecular formula is C15H31N3O2. The minimum Gasteiger partial charge on any atom is -0.468 e. The number of likely N-dealkylation sites (N-methyl/N-ethyl adjacent to an activating group) is 2. The molecule has 0 saturated heterocycles. The Bertz CT molecular complexity index is 293. The molecule has 2 atom stereocenters. The number of hydrogen-bond acceptors (Lipinski definition) is 5. The third-order valence-electron chi connectivity index (χ3n) is 3.86. The van der Waals surface area contributed by atoms with E-state index in [0.717, 1.165) is 26.1 Å². The minimum absolute atomic E-state index is 0.131. The second-order valence-corrected chi connectivity index (χ2v) is 6.05. The van der Waals surface area contributed by atoms with Crippen LogP contribution in [-0.2, 0) is 9.53 Å². The van der Waals surface area contributed by atoms with Gasteiger partial charge in [-0.15, -0.1) is 0 Å². The lowest BCUT2D eigenvalue weighted by Gasteiger charge is -2.31. The molecule has 0 aromatic carbocycles. The summed E-state index contributed by atoms with van der Waals surface area (Å²) in [7, 11) is 5.66. The number of nitrogens with one attached hydrogen (secondary N) is 1. The third kappa shape index (κ3) is 6.20. The number of carbonyl (C=O) groups excluding carboxylic acids is 1. The molecule has 0 aromatic rings. The van der Waals surface area contributed by atoms with Crippen molar-refractivity contribution in [2.45, 2.75) is 51.2 Å². The fourth-order valence-corrected chi connectivity index (χ4v) is 2.58. The summed E-state index contributed by atoms with van der Waals surface area (Å²) in [5.41, 5.74) is 0. The molecule has 0 heterocycles. The fourth-order valence-electron chi connectivity index (χ4n) is 2.58. The number of nitrogens with zero attached hydrogens (tertiary/aromatic N) is 2. The monoisotopic (exact) mass is 285 g/mol. The molecule has 0 spiro atoms. The van der Waals surface area contributed by atoms with Crippen LogP contribution in [0.5, 0.6) is 0 Å².